The van der Waals surface area contributed by atoms with Crippen molar-refractivity contribution in [1.82, 2.24) is 0 Å². The zero-order valence-electron chi connectivity index (χ0n) is 9.97. The maximum absolute atomic E-state index is 11.6. The van der Waals surface area contributed by atoms with Crippen LogP contribution in [-0.4, -0.2) is 17.3 Å². The summed E-state index contributed by atoms with van der Waals surface area (Å²) in [4.78, 5) is 20.1. The van der Waals surface area contributed by atoms with E-state index in [4.69, 9.17) is 4.89 Å². The van der Waals surface area contributed by atoms with Crippen LogP contribution in [0.25, 0.3) is 0 Å². The fourth-order valence-electron chi connectivity index (χ4n) is 1.68. The molecule has 0 bridgehead atoms. The van der Waals surface area contributed by atoms with Gasteiger partial charge in [0, 0.05) is 6.42 Å². The number of carbonyl (C=O) groups is 1. The van der Waals surface area contributed by atoms with E-state index in [0.29, 0.717) is 0 Å². The predicted octanol–water partition coefficient (Wildman–Crippen LogP) is 2.32. The van der Waals surface area contributed by atoms with E-state index in [1.54, 1.807) is 0 Å². The van der Waals surface area contributed by atoms with Crippen LogP contribution in [0, 0.1) is 0 Å². The number of benzene rings is 1. The van der Waals surface area contributed by atoms with Crippen molar-refractivity contribution in [3.8, 4) is 0 Å². The molecule has 0 aliphatic heterocycles. The van der Waals surface area contributed by atoms with Crippen LogP contribution in [0.5, 0.6) is 0 Å². The normalized spacial score (nSPS) is 13.4. The van der Waals surface area contributed by atoms with E-state index >= 15 is 0 Å². The van der Waals surface area contributed by atoms with Gasteiger partial charge in [0.25, 0.3) is 0 Å². The van der Waals surface area contributed by atoms with E-state index in [-0.39, 0.29) is 24.2 Å². The van der Waals surface area contributed by atoms with Crippen LogP contribution >= 0.6 is 8.25 Å². The first kappa shape index (κ1) is 14.1. The van der Waals surface area contributed by atoms with Gasteiger partial charge in [0.2, 0.25) is 0 Å². The highest BCUT2D eigenvalue weighted by molar-refractivity contribution is 7.32. The van der Waals surface area contributed by atoms with Crippen molar-refractivity contribution in [2.45, 2.75) is 25.7 Å². The van der Waals surface area contributed by atoms with E-state index in [0.717, 1.165) is 5.56 Å². The van der Waals surface area contributed by atoms with Gasteiger partial charge in [-0.1, -0.05) is 44.2 Å². The molecular formula is C12H17O4P. The van der Waals surface area contributed by atoms with Crippen LogP contribution in [-0.2, 0) is 19.3 Å². The quantitative estimate of drug-likeness (QED) is 0.793. The molecule has 0 saturated heterocycles. The summed E-state index contributed by atoms with van der Waals surface area (Å²) in [6, 6.07) is 9.68. The van der Waals surface area contributed by atoms with Crippen LogP contribution in [0.4, 0.5) is 0 Å². The van der Waals surface area contributed by atoms with Crippen molar-refractivity contribution in [2.24, 2.45) is 0 Å². The van der Waals surface area contributed by atoms with E-state index in [1.165, 1.54) is 0 Å². The first-order valence-electron chi connectivity index (χ1n) is 5.35. The summed E-state index contributed by atoms with van der Waals surface area (Å²) in [6.45, 7) is 3.62. The molecule has 5 heteroatoms. The Labute approximate surface area is 102 Å². The van der Waals surface area contributed by atoms with Crippen molar-refractivity contribution in [1.29, 1.82) is 0 Å². The Morgan fingerprint density at radius 3 is 2.47 bits per heavy atom. The number of hydrogen-bond donors (Lipinski definition) is 1. The van der Waals surface area contributed by atoms with Gasteiger partial charge in [-0.05, 0) is 11.0 Å². The lowest BCUT2D eigenvalue weighted by Gasteiger charge is -2.24. The first-order chi connectivity index (χ1) is 7.92. The van der Waals surface area contributed by atoms with Crippen molar-refractivity contribution < 1.29 is 18.8 Å². The third kappa shape index (κ3) is 4.82. The fourth-order valence-corrected chi connectivity index (χ4v) is 1.96. The van der Waals surface area contributed by atoms with Crippen LogP contribution < -0.4 is 0 Å². The summed E-state index contributed by atoms with van der Waals surface area (Å²) < 4.78 is 14.8. The highest BCUT2D eigenvalue weighted by Crippen LogP contribution is 2.27. The average Bonchev–Trinajstić information content (AvgIpc) is 2.27. The molecule has 1 unspecified atom stereocenters. The van der Waals surface area contributed by atoms with Crippen LogP contribution in [0.15, 0.2) is 30.3 Å². The van der Waals surface area contributed by atoms with E-state index in [9.17, 15) is 9.36 Å². The summed E-state index contributed by atoms with van der Waals surface area (Å²) >= 11 is 0. The molecule has 0 aliphatic carbocycles. The lowest BCUT2D eigenvalue weighted by molar-refractivity contribution is -0.122. The van der Waals surface area contributed by atoms with Gasteiger partial charge in [-0.15, -0.1) is 0 Å². The standard InChI is InChI=1S/C12H17O4P/c1-12(2,10-6-4-3-5-7-10)8-11(13)9-16-17(14)15/h3-7,17H,8-9H2,1-2H3,(H,14,15). The second-order valence-electron chi connectivity index (χ2n) is 4.52. The average molecular weight is 256 g/mol. The lowest BCUT2D eigenvalue weighted by atomic mass is 9.80. The third-order valence-corrected chi connectivity index (χ3v) is 2.94. The molecule has 0 spiro atoms. The summed E-state index contributed by atoms with van der Waals surface area (Å²) in [5, 5.41) is 0. The first-order valence-corrected chi connectivity index (χ1v) is 6.61. The Morgan fingerprint density at radius 1 is 1.35 bits per heavy atom. The molecule has 1 N–H and O–H groups in total. The van der Waals surface area contributed by atoms with Crippen molar-refractivity contribution >= 4 is 14.0 Å². The summed E-state index contributed by atoms with van der Waals surface area (Å²) in [7, 11) is -3.02. The predicted molar refractivity (Wildman–Crippen MR) is 66.3 cm³/mol. The van der Waals surface area contributed by atoms with Gasteiger partial charge in [0.15, 0.2) is 5.78 Å². The molecule has 1 atom stereocenters. The molecule has 4 nitrogen and oxygen atoms in total. The Bertz CT molecular complexity index is 400. The zero-order valence-corrected chi connectivity index (χ0v) is 11.0. The number of Topliss-reactive ketones (excluding diaryl/α,β-unsaturated/α-hetero) is 1. The van der Waals surface area contributed by atoms with Crippen molar-refractivity contribution in [2.75, 3.05) is 6.61 Å². The van der Waals surface area contributed by atoms with Gasteiger partial charge >= 0.3 is 8.25 Å². The minimum absolute atomic E-state index is 0.175. The van der Waals surface area contributed by atoms with E-state index in [2.05, 4.69) is 4.52 Å². The second-order valence-corrected chi connectivity index (χ2v) is 5.34. The van der Waals surface area contributed by atoms with Crippen LogP contribution in [0.1, 0.15) is 25.8 Å². The molecular weight excluding hydrogens is 239 g/mol. The van der Waals surface area contributed by atoms with Crippen LogP contribution in [0.2, 0.25) is 0 Å². The molecule has 1 aromatic carbocycles. The molecule has 0 fully saturated rings. The summed E-state index contributed by atoms with van der Waals surface area (Å²) in [5.41, 5.74) is 0.762. The minimum atomic E-state index is -3.02. The van der Waals surface area contributed by atoms with Gasteiger partial charge < -0.3 is 9.42 Å². The Balaban J connectivity index is 2.61. The Morgan fingerprint density at radius 2 is 1.94 bits per heavy atom. The topological polar surface area (TPSA) is 63.6 Å². The molecule has 0 radical (unpaired) electrons. The fraction of sp³-hybridized carbons (Fsp3) is 0.417. The molecule has 0 amide bonds. The van der Waals surface area contributed by atoms with Gasteiger partial charge in [0.1, 0.15) is 6.61 Å². The van der Waals surface area contributed by atoms with Gasteiger partial charge in [-0.2, -0.15) is 0 Å². The van der Waals surface area contributed by atoms with Crippen molar-refractivity contribution in [3.63, 3.8) is 0 Å². The lowest BCUT2D eigenvalue weighted by Crippen LogP contribution is -2.23. The van der Waals surface area contributed by atoms with Crippen molar-refractivity contribution in [3.05, 3.63) is 35.9 Å². The van der Waals surface area contributed by atoms with Gasteiger partial charge in [0.05, 0.1) is 0 Å². The molecule has 0 heterocycles. The summed E-state index contributed by atoms with van der Waals surface area (Å²) in [5.74, 6) is -0.175. The maximum atomic E-state index is 11.6. The zero-order chi connectivity index (χ0) is 12.9. The summed E-state index contributed by atoms with van der Waals surface area (Å²) in [6.07, 6.45) is 0.284. The number of ketones is 1. The highest BCUT2D eigenvalue weighted by Gasteiger charge is 2.24. The molecule has 0 aliphatic rings. The molecule has 0 aromatic heterocycles. The molecule has 94 valence electrons. The molecule has 1 rings (SSSR count). The number of hydrogen-bond acceptors (Lipinski definition) is 3. The van der Waals surface area contributed by atoms with Gasteiger partial charge in [-0.25, -0.2) is 0 Å². The van der Waals surface area contributed by atoms with Crippen LogP contribution in [0.3, 0.4) is 0 Å². The maximum Gasteiger partial charge on any atom is 0.317 e. The second kappa shape index (κ2) is 6.10. The molecule has 1 aromatic rings. The SMILES string of the molecule is CC(C)(CC(=O)CO[PH](=O)O)c1ccccc1. The van der Waals surface area contributed by atoms with E-state index in [1.807, 2.05) is 44.2 Å². The molecule has 17 heavy (non-hydrogen) atoms. The number of carbonyl (C=O) groups excluding carboxylic acids is 1. The third-order valence-electron chi connectivity index (χ3n) is 2.55. The monoisotopic (exact) mass is 256 g/mol. The van der Waals surface area contributed by atoms with Gasteiger partial charge in [-0.3, -0.25) is 9.36 Å². The van der Waals surface area contributed by atoms with E-state index < -0.39 is 8.25 Å². The Hall–Kier alpha value is -0.960. The molecule has 0 saturated carbocycles. The largest absolute Gasteiger partial charge is 0.326 e. The Kier molecular flexibility index (Phi) is 5.06. The smallest absolute Gasteiger partial charge is 0.317 e. The number of rotatable bonds is 6. The minimum Gasteiger partial charge on any atom is -0.326 e. The highest BCUT2D eigenvalue weighted by atomic mass is 31.1.